The van der Waals surface area contributed by atoms with Crippen LogP contribution in [0.2, 0.25) is 0 Å². The van der Waals surface area contributed by atoms with Gasteiger partial charge in [-0.2, -0.15) is 0 Å². The van der Waals surface area contributed by atoms with Crippen molar-refractivity contribution >= 4 is 11.3 Å². The van der Waals surface area contributed by atoms with Crippen molar-refractivity contribution in [1.82, 2.24) is 10.3 Å². The van der Waals surface area contributed by atoms with Crippen molar-refractivity contribution in [2.75, 3.05) is 0 Å². The number of thiazole rings is 1. The van der Waals surface area contributed by atoms with E-state index in [1.807, 2.05) is 5.51 Å². The van der Waals surface area contributed by atoms with Gasteiger partial charge in [0.25, 0.3) is 0 Å². The fourth-order valence-corrected chi connectivity index (χ4v) is 2.95. The SMILES string of the molecule is Cc1ccc([C@H](C)NC(C)c2scnc2C)cc1. The molecule has 0 saturated heterocycles. The normalized spacial score (nSPS) is 14.4. The van der Waals surface area contributed by atoms with Crippen LogP contribution in [0.1, 0.15) is 47.6 Å². The summed E-state index contributed by atoms with van der Waals surface area (Å²) in [7, 11) is 0. The van der Waals surface area contributed by atoms with Crippen molar-refractivity contribution in [3.8, 4) is 0 Å². The summed E-state index contributed by atoms with van der Waals surface area (Å²) in [5, 5.41) is 3.63. The number of benzene rings is 1. The van der Waals surface area contributed by atoms with Gasteiger partial charge < -0.3 is 5.32 Å². The molecule has 3 heteroatoms. The maximum atomic E-state index is 4.31. The molecule has 2 aromatic rings. The standard InChI is InChI=1S/C15H20N2S/c1-10-5-7-14(8-6-10)11(2)17-13(4)15-12(3)16-9-18-15/h5-9,11,13,17H,1-4H3/t11-,13?/m0/s1. The molecule has 1 aromatic carbocycles. The molecule has 0 spiro atoms. The fraction of sp³-hybridized carbons (Fsp3) is 0.400. The molecule has 96 valence electrons. The lowest BCUT2D eigenvalue weighted by atomic mass is 10.1. The maximum Gasteiger partial charge on any atom is 0.0798 e. The second kappa shape index (κ2) is 5.63. The minimum atomic E-state index is 0.341. The Morgan fingerprint density at radius 3 is 2.28 bits per heavy atom. The molecule has 0 aliphatic heterocycles. The average molecular weight is 260 g/mol. The van der Waals surface area contributed by atoms with Crippen LogP contribution in [-0.4, -0.2) is 4.98 Å². The van der Waals surface area contributed by atoms with Crippen LogP contribution in [0.5, 0.6) is 0 Å². The van der Waals surface area contributed by atoms with E-state index in [1.54, 1.807) is 11.3 Å². The van der Waals surface area contributed by atoms with Gasteiger partial charge in [-0.25, -0.2) is 4.98 Å². The maximum absolute atomic E-state index is 4.31. The van der Waals surface area contributed by atoms with Crippen molar-refractivity contribution in [1.29, 1.82) is 0 Å². The second-order valence-electron chi connectivity index (χ2n) is 4.82. The van der Waals surface area contributed by atoms with Crippen LogP contribution in [0.4, 0.5) is 0 Å². The first-order valence-corrected chi connectivity index (χ1v) is 7.18. The van der Waals surface area contributed by atoms with E-state index >= 15 is 0 Å². The predicted molar refractivity (Wildman–Crippen MR) is 78.0 cm³/mol. The topological polar surface area (TPSA) is 24.9 Å². The predicted octanol–water partition coefficient (Wildman–Crippen LogP) is 4.17. The van der Waals surface area contributed by atoms with Gasteiger partial charge in [0, 0.05) is 17.0 Å². The molecule has 0 saturated carbocycles. The van der Waals surface area contributed by atoms with Crippen LogP contribution >= 0.6 is 11.3 Å². The molecule has 1 N–H and O–H groups in total. The third-order valence-corrected chi connectivity index (χ3v) is 4.37. The number of aryl methyl sites for hydroxylation is 2. The monoisotopic (exact) mass is 260 g/mol. The molecule has 0 amide bonds. The van der Waals surface area contributed by atoms with Crippen LogP contribution in [0.15, 0.2) is 29.8 Å². The fourth-order valence-electron chi connectivity index (χ4n) is 2.13. The molecule has 0 aliphatic rings. The van der Waals surface area contributed by atoms with Crippen LogP contribution in [0.25, 0.3) is 0 Å². The molecule has 0 fully saturated rings. The number of aromatic nitrogens is 1. The van der Waals surface area contributed by atoms with Crippen LogP contribution in [0, 0.1) is 13.8 Å². The Bertz CT molecular complexity index is 501. The molecule has 2 atom stereocenters. The molecule has 0 radical (unpaired) electrons. The summed E-state index contributed by atoms with van der Waals surface area (Å²) in [6.07, 6.45) is 0. The summed E-state index contributed by atoms with van der Waals surface area (Å²) in [5.41, 5.74) is 5.68. The smallest absolute Gasteiger partial charge is 0.0798 e. The van der Waals surface area contributed by atoms with Gasteiger partial charge in [0.2, 0.25) is 0 Å². The van der Waals surface area contributed by atoms with E-state index in [2.05, 4.69) is 62.3 Å². The first-order valence-electron chi connectivity index (χ1n) is 6.30. The van der Waals surface area contributed by atoms with Crippen molar-refractivity contribution in [3.63, 3.8) is 0 Å². The Kier molecular flexibility index (Phi) is 4.15. The van der Waals surface area contributed by atoms with Crippen LogP contribution < -0.4 is 5.32 Å². The number of nitrogens with zero attached hydrogens (tertiary/aromatic N) is 1. The van der Waals surface area contributed by atoms with Gasteiger partial charge in [-0.3, -0.25) is 0 Å². The summed E-state index contributed by atoms with van der Waals surface area (Å²) in [6.45, 7) is 8.59. The summed E-state index contributed by atoms with van der Waals surface area (Å²) >= 11 is 1.72. The highest BCUT2D eigenvalue weighted by Crippen LogP contribution is 2.24. The molecular formula is C15H20N2S. The van der Waals surface area contributed by atoms with Gasteiger partial charge in [0.15, 0.2) is 0 Å². The average Bonchev–Trinajstić information content (AvgIpc) is 2.76. The largest absolute Gasteiger partial charge is 0.303 e. The highest BCUT2D eigenvalue weighted by molar-refractivity contribution is 7.09. The van der Waals surface area contributed by atoms with Gasteiger partial charge in [0.1, 0.15) is 0 Å². The lowest BCUT2D eigenvalue weighted by Gasteiger charge is -2.20. The second-order valence-corrected chi connectivity index (χ2v) is 5.71. The summed E-state index contributed by atoms with van der Waals surface area (Å²) in [5.74, 6) is 0. The van der Waals surface area contributed by atoms with Gasteiger partial charge in [-0.1, -0.05) is 29.8 Å². The molecule has 2 nitrogen and oxygen atoms in total. The molecule has 1 aromatic heterocycles. The molecule has 18 heavy (non-hydrogen) atoms. The van der Waals surface area contributed by atoms with Crippen molar-refractivity contribution in [2.24, 2.45) is 0 Å². The highest BCUT2D eigenvalue weighted by atomic mass is 32.1. The zero-order valence-electron chi connectivity index (χ0n) is 11.4. The minimum absolute atomic E-state index is 0.341. The van der Waals surface area contributed by atoms with E-state index in [1.165, 1.54) is 16.0 Å². The first kappa shape index (κ1) is 13.2. The molecular weight excluding hydrogens is 240 g/mol. The number of hydrogen-bond acceptors (Lipinski definition) is 3. The molecule has 0 aliphatic carbocycles. The van der Waals surface area contributed by atoms with Crippen LogP contribution in [-0.2, 0) is 0 Å². The molecule has 1 heterocycles. The number of rotatable bonds is 4. The van der Waals surface area contributed by atoms with E-state index in [4.69, 9.17) is 0 Å². The summed E-state index contributed by atoms with van der Waals surface area (Å²) in [4.78, 5) is 5.64. The van der Waals surface area contributed by atoms with E-state index < -0.39 is 0 Å². The molecule has 0 bridgehead atoms. The van der Waals surface area contributed by atoms with E-state index in [-0.39, 0.29) is 0 Å². The van der Waals surface area contributed by atoms with E-state index in [9.17, 15) is 0 Å². The Balaban J connectivity index is 2.05. The lowest BCUT2D eigenvalue weighted by Crippen LogP contribution is -2.22. The van der Waals surface area contributed by atoms with Crippen molar-refractivity contribution < 1.29 is 0 Å². The van der Waals surface area contributed by atoms with Gasteiger partial charge in [0.05, 0.1) is 11.2 Å². The summed E-state index contributed by atoms with van der Waals surface area (Å²) in [6, 6.07) is 9.40. The first-order chi connectivity index (χ1) is 8.58. The zero-order valence-corrected chi connectivity index (χ0v) is 12.2. The van der Waals surface area contributed by atoms with Crippen molar-refractivity contribution in [2.45, 2.75) is 39.8 Å². The molecule has 1 unspecified atom stereocenters. The van der Waals surface area contributed by atoms with Gasteiger partial charge >= 0.3 is 0 Å². The Morgan fingerprint density at radius 2 is 1.72 bits per heavy atom. The third kappa shape index (κ3) is 2.98. The van der Waals surface area contributed by atoms with Crippen LogP contribution in [0.3, 0.4) is 0 Å². The van der Waals surface area contributed by atoms with Gasteiger partial charge in [-0.05, 0) is 33.3 Å². The molecule has 2 rings (SSSR count). The quantitative estimate of drug-likeness (QED) is 0.892. The Labute approximate surface area is 113 Å². The number of hydrogen-bond donors (Lipinski definition) is 1. The third-order valence-electron chi connectivity index (χ3n) is 3.25. The van der Waals surface area contributed by atoms with Gasteiger partial charge in [-0.15, -0.1) is 11.3 Å². The van der Waals surface area contributed by atoms with Crippen molar-refractivity contribution in [3.05, 3.63) is 51.5 Å². The minimum Gasteiger partial charge on any atom is -0.303 e. The highest BCUT2D eigenvalue weighted by Gasteiger charge is 2.14. The van der Waals surface area contributed by atoms with E-state index in [0.29, 0.717) is 12.1 Å². The Hall–Kier alpha value is -1.19. The Morgan fingerprint density at radius 1 is 1.06 bits per heavy atom. The van der Waals surface area contributed by atoms with E-state index in [0.717, 1.165) is 5.69 Å². The zero-order chi connectivity index (χ0) is 13.1. The summed E-state index contributed by atoms with van der Waals surface area (Å²) < 4.78 is 0. The lowest BCUT2D eigenvalue weighted by molar-refractivity contribution is 0.498. The number of nitrogens with one attached hydrogen (secondary N) is 1.